The van der Waals surface area contributed by atoms with E-state index < -0.39 is 0 Å². The number of hydrogen-bond donors (Lipinski definition) is 1. The molecule has 0 aliphatic carbocycles. The molecule has 0 saturated heterocycles. The molecular weight excluding hydrogens is 381 g/mol. The minimum absolute atomic E-state index is 0.0365. The van der Waals surface area contributed by atoms with Gasteiger partial charge in [-0.15, -0.1) is 0 Å². The molecule has 2 aromatic carbocycles. The third kappa shape index (κ3) is 5.63. The number of carbonyl (C=O) groups excluding carboxylic acids is 1. The second kappa shape index (κ2) is 9.96. The lowest BCUT2D eigenvalue weighted by Gasteiger charge is -2.17. The second-order valence-corrected chi connectivity index (χ2v) is 7.35. The van der Waals surface area contributed by atoms with Crippen LogP contribution in [0.2, 0.25) is 0 Å². The van der Waals surface area contributed by atoms with Crippen LogP contribution >= 0.6 is 0 Å². The summed E-state index contributed by atoms with van der Waals surface area (Å²) in [6.07, 6.45) is 2.24. The topological polar surface area (TPSA) is 64.0 Å². The van der Waals surface area contributed by atoms with Crippen molar-refractivity contribution in [1.29, 1.82) is 0 Å². The SMILES string of the molecule is CCc1cc(=O)n(CC(=O)N[C@@H](C)CCc2ccccc2)c(-c2ccc(F)cc2)n1. The zero-order valence-corrected chi connectivity index (χ0v) is 17.3. The first kappa shape index (κ1) is 21.4. The highest BCUT2D eigenvalue weighted by Gasteiger charge is 2.15. The van der Waals surface area contributed by atoms with Gasteiger partial charge in [0, 0.05) is 23.4 Å². The van der Waals surface area contributed by atoms with Gasteiger partial charge in [0.1, 0.15) is 18.2 Å². The van der Waals surface area contributed by atoms with Gasteiger partial charge in [0.05, 0.1) is 0 Å². The van der Waals surface area contributed by atoms with Gasteiger partial charge in [-0.1, -0.05) is 37.3 Å². The zero-order valence-electron chi connectivity index (χ0n) is 17.3. The van der Waals surface area contributed by atoms with Crippen LogP contribution in [0.4, 0.5) is 4.39 Å². The van der Waals surface area contributed by atoms with Crippen molar-refractivity contribution in [3.05, 3.63) is 88.1 Å². The maximum atomic E-state index is 13.3. The van der Waals surface area contributed by atoms with Crippen molar-refractivity contribution < 1.29 is 9.18 Å². The van der Waals surface area contributed by atoms with Gasteiger partial charge < -0.3 is 5.32 Å². The Hall–Kier alpha value is -3.28. The molecule has 0 aliphatic heterocycles. The van der Waals surface area contributed by atoms with Crippen molar-refractivity contribution in [2.24, 2.45) is 0 Å². The number of carbonyl (C=O) groups is 1. The lowest BCUT2D eigenvalue weighted by molar-refractivity contribution is -0.122. The fourth-order valence-corrected chi connectivity index (χ4v) is 3.27. The van der Waals surface area contributed by atoms with Gasteiger partial charge >= 0.3 is 0 Å². The number of hydrogen-bond acceptors (Lipinski definition) is 3. The molecule has 1 aromatic heterocycles. The van der Waals surface area contributed by atoms with E-state index in [0.29, 0.717) is 23.5 Å². The standard InChI is InChI=1S/C24H26FN3O2/c1-3-21-15-23(30)28(24(27-21)19-11-13-20(25)14-12-19)16-22(29)26-17(2)9-10-18-7-5-4-6-8-18/h4-8,11-15,17H,3,9-10,16H2,1-2H3,(H,26,29)/t17-/m0/s1. The Morgan fingerprint density at radius 3 is 2.50 bits per heavy atom. The van der Waals surface area contributed by atoms with E-state index in [2.05, 4.69) is 22.4 Å². The molecule has 1 amide bonds. The first-order valence-electron chi connectivity index (χ1n) is 10.2. The number of halogens is 1. The van der Waals surface area contributed by atoms with E-state index >= 15 is 0 Å². The molecule has 1 heterocycles. The number of rotatable bonds is 8. The van der Waals surface area contributed by atoms with E-state index in [4.69, 9.17) is 0 Å². The van der Waals surface area contributed by atoms with Crippen molar-refractivity contribution in [2.45, 2.75) is 45.7 Å². The van der Waals surface area contributed by atoms with E-state index in [1.807, 2.05) is 32.0 Å². The summed E-state index contributed by atoms with van der Waals surface area (Å²) in [5, 5.41) is 2.96. The highest BCUT2D eigenvalue weighted by atomic mass is 19.1. The van der Waals surface area contributed by atoms with E-state index in [1.54, 1.807) is 12.1 Å². The summed E-state index contributed by atoms with van der Waals surface area (Å²) in [5.74, 6) is -0.261. The summed E-state index contributed by atoms with van der Waals surface area (Å²) >= 11 is 0. The molecule has 0 bridgehead atoms. The first-order chi connectivity index (χ1) is 14.5. The Labute approximate surface area is 175 Å². The number of benzene rings is 2. The molecule has 0 spiro atoms. The van der Waals surface area contributed by atoms with Crippen LogP contribution in [0.25, 0.3) is 11.4 Å². The molecule has 1 atom stereocenters. The molecule has 0 saturated carbocycles. The molecule has 0 radical (unpaired) electrons. The Kier molecular flexibility index (Phi) is 7.12. The van der Waals surface area contributed by atoms with Crippen LogP contribution in [0.3, 0.4) is 0 Å². The minimum atomic E-state index is -0.371. The van der Waals surface area contributed by atoms with Crippen molar-refractivity contribution in [2.75, 3.05) is 0 Å². The van der Waals surface area contributed by atoms with Crippen molar-refractivity contribution in [1.82, 2.24) is 14.9 Å². The highest BCUT2D eigenvalue weighted by Crippen LogP contribution is 2.17. The van der Waals surface area contributed by atoms with Crippen LogP contribution in [0, 0.1) is 5.82 Å². The fourth-order valence-electron chi connectivity index (χ4n) is 3.27. The van der Waals surface area contributed by atoms with Gasteiger partial charge in [-0.2, -0.15) is 0 Å². The van der Waals surface area contributed by atoms with Crippen molar-refractivity contribution in [3.63, 3.8) is 0 Å². The van der Waals surface area contributed by atoms with Gasteiger partial charge in [-0.25, -0.2) is 9.37 Å². The summed E-state index contributed by atoms with van der Waals surface area (Å²) < 4.78 is 14.7. The van der Waals surface area contributed by atoms with Crippen molar-refractivity contribution >= 4 is 5.91 Å². The predicted molar refractivity (Wildman–Crippen MR) is 116 cm³/mol. The van der Waals surface area contributed by atoms with Gasteiger partial charge in [0.25, 0.3) is 5.56 Å². The van der Waals surface area contributed by atoms with Crippen LogP contribution in [0.15, 0.2) is 65.5 Å². The molecule has 3 aromatic rings. The lowest BCUT2D eigenvalue weighted by Crippen LogP contribution is -2.38. The van der Waals surface area contributed by atoms with Crippen LogP contribution in [-0.4, -0.2) is 21.5 Å². The van der Waals surface area contributed by atoms with E-state index in [1.165, 1.54) is 28.3 Å². The average molecular weight is 407 g/mol. The number of aryl methyl sites for hydroxylation is 2. The first-order valence-corrected chi connectivity index (χ1v) is 10.2. The van der Waals surface area contributed by atoms with E-state index in [0.717, 1.165) is 12.8 Å². The lowest BCUT2D eigenvalue weighted by atomic mass is 10.1. The number of nitrogens with zero attached hydrogens (tertiary/aromatic N) is 2. The molecular formula is C24H26FN3O2. The van der Waals surface area contributed by atoms with Crippen molar-refractivity contribution in [3.8, 4) is 11.4 Å². The fraction of sp³-hybridized carbons (Fsp3) is 0.292. The molecule has 156 valence electrons. The maximum absolute atomic E-state index is 13.3. The average Bonchev–Trinajstić information content (AvgIpc) is 2.75. The number of nitrogens with one attached hydrogen (secondary N) is 1. The normalized spacial score (nSPS) is 11.8. The monoisotopic (exact) mass is 407 g/mol. The van der Waals surface area contributed by atoms with Crippen LogP contribution in [0.1, 0.15) is 31.5 Å². The molecule has 30 heavy (non-hydrogen) atoms. The highest BCUT2D eigenvalue weighted by molar-refractivity contribution is 5.76. The van der Waals surface area contributed by atoms with Crippen LogP contribution in [-0.2, 0) is 24.2 Å². The summed E-state index contributed by atoms with van der Waals surface area (Å²) in [6, 6.07) is 17.2. The van der Waals surface area contributed by atoms with E-state index in [9.17, 15) is 14.0 Å². The molecule has 6 heteroatoms. The third-order valence-corrected chi connectivity index (χ3v) is 4.94. The van der Waals surface area contributed by atoms with Gasteiger partial charge in [-0.05, 0) is 56.0 Å². The molecule has 0 aliphatic rings. The van der Waals surface area contributed by atoms with Crippen LogP contribution in [0.5, 0.6) is 0 Å². The molecule has 5 nitrogen and oxygen atoms in total. The second-order valence-electron chi connectivity index (χ2n) is 7.35. The summed E-state index contributed by atoms with van der Waals surface area (Å²) in [5.41, 5.74) is 2.14. The summed E-state index contributed by atoms with van der Waals surface area (Å²) in [4.78, 5) is 29.8. The maximum Gasteiger partial charge on any atom is 0.254 e. The summed E-state index contributed by atoms with van der Waals surface area (Å²) in [7, 11) is 0. The van der Waals surface area contributed by atoms with Gasteiger partial charge in [-0.3, -0.25) is 14.2 Å². The molecule has 1 N–H and O–H groups in total. The zero-order chi connectivity index (χ0) is 21.5. The van der Waals surface area contributed by atoms with E-state index in [-0.39, 0.29) is 29.9 Å². The Morgan fingerprint density at radius 1 is 1.13 bits per heavy atom. The third-order valence-electron chi connectivity index (χ3n) is 4.94. The number of aromatic nitrogens is 2. The predicted octanol–water partition coefficient (Wildman–Crippen LogP) is 3.75. The smallest absolute Gasteiger partial charge is 0.254 e. The Morgan fingerprint density at radius 2 is 1.83 bits per heavy atom. The molecule has 0 fully saturated rings. The largest absolute Gasteiger partial charge is 0.352 e. The molecule has 0 unspecified atom stereocenters. The Balaban J connectivity index is 1.74. The quantitative estimate of drug-likeness (QED) is 0.619. The van der Waals surface area contributed by atoms with Crippen LogP contribution < -0.4 is 10.9 Å². The minimum Gasteiger partial charge on any atom is -0.352 e. The van der Waals surface area contributed by atoms with Gasteiger partial charge in [0.15, 0.2) is 0 Å². The van der Waals surface area contributed by atoms with Gasteiger partial charge in [0.2, 0.25) is 5.91 Å². The Bertz CT molecular complexity index is 1050. The molecule has 3 rings (SSSR count). The summed E-state index contributed by atoms with van der Waals surface area (Å²) in [6.45, 7) is 3.71. The number of amides is 1.